The molecule has 0 atom stereocenters. The van der Waals surface area contributed by atoms with Crippen molar-refractivity contribution in [1.82, 2.24) is 24.4 Å². The fraction of sp³-hybridized carbons (Fsp3) is 0.412. The van der Waals surface area contributed by atoms with E-state index in [4.69, 9.17) is 0 Å². The average molecular weight is 322 g/mol. The van der Waals surface area contributed by atoms with E-state index < -0.39 is 0 Å². The Labute approximate surface area is 138 Å². The van der Waals surface area contributed by atoms with Crippen LogP contribution in [0, 0.1) is 11.3 Å². The van der Waals surface area contributed by atoms with Gasteiger partial charge in [-0.05, 0) is 32.6 Å². The Balaban J connectivity index is 2.00. The Morgan fingerprint density at radius 3 is 2.79 bits per heavy atom. The maximum absolute atomic E-state index is 13.0. The van der Waals surface area contributed by atoms with Gasteiger partial charge < -0.3 is 0 Å². The van der Waals surface area contributed by atoms with Crippen LogP contribution in [0.5, 0.6) is 0 Å². The lowest BCUT2D eigenvalue weighted by Gasteiger charge is -2.26. The van der Waals surface area contributed by atoms with Gasteiger partial charge >= 0.3 is 0 Å². The molecule has 0 radical (unpaired) electrons. The van der Waals surface area contributed by atoms with Gasteiger partial charge in [-0.3, -0.25) is 14.6 Å². The van der Waals surface area contributed by atoms with Gasteiger partial charge in [-0.25, -0.2) is 9.50 Å². The summed E-state index contributed by atoms with van der Waals surface area (Å²) in [6, 6.07) is 2.32. The van der Waals surface area contributed by atoms with E-state index in [0.717, 1.165) is 30.4 Å². The average Bonchev–Trinajstić information content (AvgIpc) is 3.14. The van der Waals surface area contributed by atoms with Crippen molar-refractivity contribution >= 4 is 5.65 Å². The summed E-state index contributed by atoms with van der Waals surface area (Å²) in [5.41, 5.74) is 2.84. The van der Waals surface area contributed by atoms with Crippen molar-refractivity contribution in [2.75, 3.05) is 0 Å². The van der Waals surface area contributed by atoms with Crippen molar-refractivity contribution in [1.29, 1.82) is 5.26 Å². The predicted molar refractivity (Wildman–Crippen MR) is 88.7 cm³/mol. The topological polar surface area (TPSA) is 91.8 Å². The number of hydrogen-bond donors (Lipinski definition) is 1. The molecule has 1 aliphatic carbocycles. The molecule has 0 spiro atoms. The number of rotatable bonds is 3. The summed E-state index contributed by atoms with van der Waals surface area (Å²) in [4.78, 5) is 17.7. The van der Waals surface area contributed by atoms with Gasteiger partial charge in [-0.2, -0.15) is 10.4 Å². The molecule has 3 aromatic heterocycles. The van der Waals surface area contributed by atoms with Gasteiger partial charge in [0, 0.05) is 29.6 Å². The highest BCUT2D eigenvalue weighted by molar-refractivity contribution is 5.67. The molecule has 3 heterocycles. The van der Waals surface area contributed by atoms with E-state index in [9.17, 15) is 10.1 Å². The zero-order chi connectivity index (χ0) is 16.8. The molecule has 1 N–H and O–H groups in total. The second-order valence-electron chi connectivity index (χ2n) is 6.57. The van der Waals surface area contributed by atoms with Crippen molar-refractivity contribution in [3.63, 3.8) is 0 Å². The highest BCUT2D eigenvalue weighted by atomic mass is 16.1. The minimum absolute atomic E-state index is 0.113. The number of hydrogen-bond acceptors (Lipinski definition) is 4. The number of nitrogens with one attached hydrogen (secondary N) is 1. The Morgan fingerprint density at radius 1 is 1.42 bits per heavy atom. The molecule has 24 heavy (non-hydrogen) atoms. The standard InChI is InChI=1S/C17H18N6O/c1-10(2)22-9-13(8-19-22)15-14(11-4-3-5-11)17(24)23-16(21-15)12(6-18)7-20-23/h7-11,20H,3-5H2,1-2H3. The smallest absolute Gasteiger partial charge is 0.276 e. The van der Waals surface area contributed by atoms with Crippen molar-refractivity contribution < 1.29 is 0 Å². The number of nitrogens with zero attached hydrogens (tertiary/aromatic N) is 5. The first-order valence-electron chi connectivity index (χ1n) is 8.18. The van der Waals surface area contributed by atoms with Gasteiger partial charge in [-0.15, -0.1) is 0 Å². The summed E-state index contributed by atoms with van der Waals surface area (Å²) in [7, 11) is 0. The molecular weight excluding hydrogens is 304 g/mol. The normalized spacial score (nSPS) is 14.9. The number of fused-ring (bicyclic) bond motifs is 1. The Kier molecular flexibility index (Phi) is 3.27. The first kappa shape index (κ1) is 14.7. The molecule has 7 nitrogen and oxygen atoms in total. The molecule has 1 fully saturated rings. The summed E-state index contributed by atoms with van der Waals surface area (Å²) in [6.45, 7) is 4.10. The second kappa shape index (κ2) is 5.34. The van der Waals surface area contributed by atoms with Crippen LogP contribution in [0.1, 0.15) is 56.2 Å². The highest BCUT2D eigenvalue weighted by Crippen LogP contribution is 2.38. The van der Waals surface area contributed by atoms with E-state index in [1.54, 1.807) is 6.20 Å². The molecule has 0 aliphatic heterocycles. The summed E-state index contributed by atoms with van der Waals surface area (Å²) in [6.07, 6.45) is 8.32. The van der Waals surface area contributed by atoms with Crippen molar-refractivity contribution in [2.24, 2.45) is 0 Å². The Hall–Kier alpha value is -2.88. The fourth-order valence-corrected chi connectivity index (χ4v) is 3.14. The third-order valence-electron chi connectivity index (χ3n) is 4.73. The Morgan fingerprint density at radius 2 is 2.21 bits per heavy atom. The number of nitriles is 1. The van der Waals surface area contributed by atoms with Gasteiger partial charge in [-0.1, -0.05) is 6.42 Å². The molecular formula is C17H18N6O. The van der Waals surface area contributed by atoms with Crippen LogP contribution in [0.15, 0.2) is 23.4 Å². The zero-order valence-electron chi connectivity index (χ0n) is 13.7. The van der Waals surface area contributed by atoms with Crippen LogP contribution in [-0.2, 0) is 0 Å². The monoisotopic (exact) mass is 322 g/mol. The molecule has 0 unspecified atom stereocenters. The van der Waals surface area contributed by atoms with Gasteiger partial charge in [0.2, 0.25) is 0 Å². The molecule has 3 aromatic rings. The fourth-order valence-electron chi connectivity index (χ4n) is 3.14. The molecule has 1 aliphatic rings. The van der Waals surface area contributed by atoms with E-state index >= 15 is 0 Å². The van der Waals surface area contributed by atoms with E-state index in [2.05, 4.69) is 35.1 Å². The summed E-state index contributed by atoms with van der Waals surface area (Å²) in [5, 5.41) is 16.5. The lowest BCUT2D eigenvalue weighted by Crippen LogP contribution is -2.26. The molecule has 122 valence electrons. The molecule has 0 bridgehead atoms. The lowest BCUT2D eigenvalue weighted by molar-refractivity contribution is 0.415. The summed E-state index contributed by atoms with van der Waals surface area (Å²) >= 11 is 0. The van der Waals surface area contributed by atoms with Gasteiger partial charge in [0.1, 0.15) is 11.6 Å². The van der Waals surface area contributed by atoms with Gasteiger partial charge in [0.15, 0.2) is 5.65 Å². The van der Waals surface area contributed by atoms with Gasteiger partial charge in [0.05, 0.1) is 11.9 Å². The molecule has 1 saturated carbocycles. The summed E-state index contributed by atoms with van der Waals surface area (Å²) < 4.78 is 3.23. The van der Waals surface area contributed by atoms with Gasteiger partial charge in [0.25, 0.3) is 5.56 Å². The molecule has 0 saturated heterocycles. The van der Waals surface area contributed by atoms with E-state index in [-0.39, 0.29) is 17.5 Å². The van der Waals surface area contributed by atoms with Crippen LogP contribution in [0.4, 0.5) is 0 Å². The quantitative estimate of drug-likeness (QED) is 0.802. The number of aromatic amines is 1. The SMILES string of the molecule is CC(C)n1cc(-c2nc3c(C#N)c[nH]n3c(=O)c2C2CCC2)cn1. The van der Waals surface area contributed by atoms with Crippen molar-refractivity contribution in [3.8, 4) is 17.3 Å². The first-order valence-corrected chi connectivity index (χ1v) is 8.18. The largest absolute Gasteiger partial charge is 0.295 e. The maximum Gasteiger partial charge on any atom is 0.276 e. The minimum atomic E-state index is -0.113. The van der Waals surface area contributed by atoms with Crippen LogP contribution in [-0.4, -0.2) is 24.4 Å². The van der Waals surface area contributed by atoms with E-state index in [1.807, 2.05) is 10.9 Å². The molecule has 7 heteroatoms. The maximum atomic E-state index is 13.0. The number of aromatic nitrogens is 5. The molecule has 0 amide bonds. The summed E-state index contributed by atoms with van der Waals surface area (Å²) in [5.74, 6) is 0.230. The van der Waals surface area contributed by atoms with Crippen LogP contribution < -0.4 is 5.56 Å². The highest BCUT2D eigenvalue weighted by Gasteiger charge is 2.29. The first-order chi connectivity index (χ1) is 11.6. The van der Waals surface area contributed by atoms with Crippen LogP contribution >= 0.6 is 0 Å². The van der Waals surface area contributed by atoms with Crippen LogP contribution in [0.2, 0.25) is 0 Å². The van der Waals surface area contributed by atoms with E-state index in [0.29, 0.717) is 16.9 Å². The molecule has 0 aromatic carbocycles. The van der Waals surface area contributed by atoms with E-state index in [1.165, 1.54) is 10.7 Å². The predicted octanol–water partition coefficient (Wildman–Crippen LogP) is 2.61. The molecule has 4 rings (SSSR count). The van der Waals surface area contributed by atoms with Crippen LogP contribution in [0.25, 0.3) is 16.9 Å². The number of H-pyrrole nitrogens is 1. The third-order valence-corrected chi connectivity index (χ3v) is 4.73. The Bertz CT molecular complexity index is 1010. The lowest BCUT2D eigenvalue weighted by atomic mass is 9.79. The van der Waals surface area contributed by atoms with Crippen molar-refractivity contribution in [3.05, 3.63) is 40.1 Å². The minimum Gasteiger partial charge on any atom is -0.295 e. The van der Waals surface area contributed by atoms with Crippen LogP contribution in [0.3, 0.4) is 0 Å². The zero-order valence-corrected chi connectivity index (χ0v) is 13.7. The van der Waals surface area contributed by atoms with Crippen molar-refractivity contribution in [2.45, 2.75) is 45.1 Å². The third kappa shape index (κ3) is 2.07. The second-order valence-corrected chi connectivity index (χ2v) is 6.57.